The zero-order chi connectivity index (χ0) is 17.9. The molecule has 0 amide bonds. The van der Waals surface area contributed by atoms with E-state index in [1.807, 2.05) is 19.0 Å². The number of halogens is 1. The quantitative estimate of drug-likeness (QED) is 0.802. The Balaban J connectivity index is 2.50. The van der Waals surface area contributed by atoms with E-state index in [-0.39, 0.29) is 11.7 Å². The van der Waals surface area contributed by atoms with Crippen LogP contribution >= 0.6 is 7.37 Å². The van der Waals surface area contributed by atoms with Crippen LogP contribution in [0, 0.1) is 5.82 Å². The Morgan fingerprint density at radius 3 is 2.17 bits per heavy atom. The van der Waals surface area contributed by atoms with Crippen LogP contribution in [0.1, 0.15) is 25.3 Å². The lowest BCUT2D eigenvalue weighted by Gasteiger charge is -2.27. The number of nitrogens with zero attached hydrogens (tertiary/aromatic N) is 1. The molecule has 0 saturated heterocycles. The van der Waals surface area contributed by atoms with Crippen LogP contribution < -0.4 is 10.2 Å². The smallest absolute Gasteiger partial charge is 0.264 e. The summed E-state index contributed by atoms with van der Waals surface area (Å²) >= 11 is 0. The molecule has 0 saturated carbocycles. The summed E-state index contributed by atoms with van der Waals surface area (Å²) in [5.41, 5.74) is 0.897. The highest BCUT2D eigenvalue weighted by Gasteiger charge is 2.38. The van der Waals surface area contributed by atoms with E-state index in [0.717, 1.165) is 5.69 Å². The van der Waals surface area contributed by atoms with Crippen molar-refractivity contribution in [2.45, 2.75) is 25.8 Å². The molecule has 0 unspecified atom stereocenters. The molecule has 2 atom stereocenters. The van der Waals surface area contributed by atoms with E-state index in [1.165, 1.54) is 18.2 Å². The van der Waals surface area contributed by atoms with Crippen LogP contribution in [-0.2, 0) is 9.09 Å². The third-order valence-electron chi connectivity index (χ3n) is 3.60. The van der Waals surface area contributed by atoms with Crippen molar-refractivity contribution in [2.75, 3.05) is 19.0 Å². The van der Waals surface area contributed by atoms with Gasteiger partial charge in [-0.3, -0.25) is 4.57 Å². The van der Waals surface area contributed by atoms with Crippen LogP contribution in [0.25, 0.3) is 0 Å². The van der Waals surface area contributed by atoms with Crippen molar-refractivity contribution < 1.29 is 18.6 Å². The molecule has 2 aromatic rings. The normalized spacial score (nSPS) is 15.1. The molecule has 0 aliphatic rings. The maximum atomic E-state index is 14.1. The lowest BCUT2D eigenvalue weighted by Crippen LogP contribution is -2.18. The largest absolute Gasteiger partial charge is 0.378 e. The van der Waals surface area contributed by atoms with Crippen molar-refractivity contribution in [3.05, 3.63) is 59.9 Å². The molecular weight excluding hydrogens is 328 g/mol. The fourth-order valence-electron chi connectivity index (χ4n) is 2.40. The molecule has 1 N–H and O–H groups in total. The summed E-state index contributed by atoms with van der Waals surface area (Å²) in [5.74, 6) is -2.17. The van der Waals surface area contributed by atoms with Crippen LogP contribution in [0.2, 0.25) is 0 Å². The summed E-state index contributed by atoms with van der Waals surface area (Å²) in [6, 6.07) is 12.7. The van der Waals surface area contributed by atoms with Crippen LogP contribution in [0.5, 0.6) is 0 Å². The first-order valence-electron chi connectivity index (χ1n) is 7.74. The van der Waals surface area contributed by atoms with Gasteiger partial charge in [0.2, 0.25) is 0 Å². The Hall–Kier alpha value is -1.68. The van der Waals surface area contributed by atoms with E-state index in [2.05, 4.69) is 0 Å². The lowest BCUT2D eigenvalue weighted by molar-refractivity contribution is 0.186. The topological polar surface area (TPSA) is 49.8 Å². The van der Waals surface area contributed by atoms with Crippen molar-refractivity contribution in [3.8, 4) is 0 Å². The third-order valence-corrected chi connectivity index (χ3v) is 6.27. The van der Waals surface area contributed by atoms with Gasteiger partial charge in [0.05, 0.1) is 6.10 Å². The minimum absolute atomic E-state index is 0.0295. The number of benzene rings is 2. The molecule has 0 aliphatic heterocycles. The zero-order valence-electron chi connectivity index (χ0n) is 14.3. The molecule has 4 nitrogen and oxygen atoms in total. The van der Waals surface area contributed by atoms with Crippen LogP contribution in [0.4, 0.5) is 10.1 Å². The molecule has 0 aromatic heterocycles. The first kappa shape index (κ1) is 18.7. The third kappa shape index (κ3) is 3.86. The highest BCUT2D eigenvalue weighted by atomic mass is 31.2. The Morgan fingerprint density at radius 1 is 1.08 bits per heavy atom. The fraction of sp³-hybridized carbons (Fsp3) is 0.333. The Bertz CT molecular complexity index is 731. The fourth-order valence-corrected chi connectivity index (χ4v) is 4.69. The number of anilines is 1. The first-order chi connectivity index (χ1) is 11.3. The molecule has 0 spiro atoms. The SMILES string of the molecule is CC(C)O[P@](=O)(c1ccc(N(C)C)cc1)[C@@H](O)c1ccccc1F. The maximum absolute atomic E-state index is 14.1. The van der Waals surface area contributed by atoms with Crippen molar-refractivity contribution in [1.29, 1.82) is 0 Å². The second kappa shape index (κ2) is 7.47. The van der Waals surface area contributed by atoms with Gasteiger partial charge in [0.1, 0.15) is 5.82 Å². The molecule has 2 rings (SSSR count). The average Bonchev–Trinajstić information content (AvgIpc) is 2.54. The van der Waals surface area contributed by atoms with Gasteiger partial charge in [-0.2, -0.15) is 0 Å². The standard InChI is InChI=1S/C18H23FNO3P/c1-13(2)23-24(22,15-11-9-14(10-12-15)20(3)4)18(21)16-7-5-6-8-17(16)19/h5-13,18,21H,1-4H3/t18-,24-/m1/s1. The molecule has 0 fully saturated rings. The average molecular weight is 351 g/mol. The Kier molecular flexibility index (Phi) is 5.81. The van der Waals surface area contributed by atoms with Gasteiger partial charge >= 0.3 is 0 Å². The highest BCUT2D eigenvalue weighted by Crippen LogP contribution is 2.58. The van der Waals surface area contributed by atoms with E-state index in [4.69, 9.17) is 4.52 Å². The predicted molar refractivity (Wildman–Crippen MR) is 95.6 cm³/mol. The van der Waals surface area contributed by atoms with Gasteiger partial charge in [-0.15, -0.1) is 0 Å². The molecule has 0 radical (unpaired) electrons. The van der Waals surface area contributed by atoms with Crippen molar-refractivity contribution >= 4 is 18.4 Å². The second-order valence-electron chi connectivity index (χ2n) is 6.06. The number of hydrogen-bond donors (Lipinski definition) is 1. The minimum atomic E-state index is -3.72. The van der Waals surface area contributed by atoms with Crippen LogP contribution in [0.15, 0.2) is 48.5 Å². The second-order valence-corrected chi connectivity index (χ2v) is 8.47. The Labute approximate surface area is 142 Å². The van der Waals surface area contributed by atoms with Gasteiger partial charge in [0.15, 0.2) is 5.85 Å². The molecule has 0 heterocycles. The molecule has 130 valence electrons. The maximum Gasteiger partial charge on any atom is 0.264 e. The van der Waals surface area contributed by atoms with Gasteiger partial charge < -0.3 is 14.5 Å². The summed E-state index contributed by atoms with van der Waals surface area (Å²) in [7, 11) is 0.0717. The number of hydrogen-bond acceptors (Lipinski definition) is 4. The Morgan fingerprint density at radius 2 is 1.67 bits per heavy atom. The van der Waals surface area contributed by atoms with E-state index in [9.17, 15) is 14.1 Å². The molecule has 2 aromatic carbocycles. The number of aliphatic hydroxyl groups is 1. The van der Waals surface area contributed by atoms with E-state index >= 15 is 0 Å². The monoisotopic (exact) mass is 351 g/mol. The summed E-state index contributed by atoms with van der Waals surface area (Å²) < 4.78 is 33.2. The molecular formula is C18H23FNO3P. The number of rotatable bonds is 6. The van der Waals surface area contributed by atoms with E-state index < -0.39 is 19.0 Å². The van der Waals surface area contributed by atoms with Crippen LogP contribution in [0.3, 0.4) is 0 Å². The van der Waals surface area contributed by atoms with E-state index in [0.29, 0.717) is 5.30 Å². The lowest BCUT2D eigenvalue weighted by atomic mass is 10.2. The minimum Gasteiger partial charge on any atom is -0.378 e. The van der Waals surface area contributed by atoms with Crippen molar-refractivity contribution in [2.24, 2.45) is 0 Å². The summed E-state index contributed by atoms with van der Waals surface area (Å²) in [4.78, 5) is 1.91. The summed E-state index contributed by atoms with van der Waals surface area (Å²) in [6.45, 7) is 3.46. The van der Waals surface area contributed by atoms with Gasteiger partial charge in [0, 0.05) is 30.7 Å². The predicted octanol–water partition coefficient (Wildman–Crippen LogP) is 3.91. The van der Waals surface area contributed by atoms with Crippen molar-refractivity contribution in [3.63, 3.8) is 0 Å². The summed E-state index contributed by atoms with van der Waals surface area (Å²) in [6.07, 6.45) is -0.384. The molecule has 6 heteroatoms. The summed E-state index contributed by atoms with van der Waals surface area (Å²) in [5, 5.41) is 11.0. The molecule has 24 heavy (non-hydrogen) atoms. The van der Waals surface area contributed by atoms with E-state index in [1.54, 1.807) is 44.2 Å². The molecule has 0 aliphatic carbocycles. The zero-order valence-corrected chi connectivity index (χ0v) is 15.2. The van der Waals surface area contributed by atoms with Gasteiger partial charge in [-0.1, -0.05) is 18.2 Å². The molecule has 0 bridgehead atoms. The highest BCUT2D eigenvalue weighted by molar-refractivity contribution is 7.67. The van der Waals surface area contributed by atoms with Gasteiger partial charge in [-0.25, -0.2) is 4.39 Å². The number of aliphatic hydroxyl groups excluding tert-OH is 1. The first-order valence-corrected chi connectivity index (χ1v) is 9.43. The van der Waals surface area contributed by atoms with Crippen LogP contribution in [-0.4, -0.2) is 25.3 Å². The van der Waals surface area contributed by atoms with Gasteiger partial charge in [0.25, 0.3) is 7.37 Å². The van der Waals surface area contributed by atoms with Gasteiger partial charge in [-0.05, 0) is 44.2 Å². The van der Waals surface area contributed by atoms with Crippen molar-refractivity contribution in [1.82, 2.24) is 0 Å².